The summed E-state index contributed by atoms with van der Waals surface area (Å²) in [5.41, 5.74) is 2.80. The van der Waals surface area contributed by atoms with Gasteiger partial charge in [-0.1, -0.05) is 33.8 Å². The molecule has 2 atom stereocenters. The van der Waals surface area contributed by atoms with Crippen LogP contribution in [0, 0.1) is 12.3 Å². The minimum Gasteiger partial charge on any atom is -0.311 e. The molecule has 0 aliphatic carbocycles. The first kappa shape index (κ1) is 15.5. The molecule has 0 bridgehead atoms. The molecule has 1 N–H and O–H groups in total. The lowest BCUT2D eigenvalue weighted by atomic mass is 9.83. The van der Waals surface area contributed by atoms with Crippen LogP contribution in [0.5, 0.6) is 0 Å². The number of hydrogen-bond acceptors (Lipinski definition) is 3. The molecule has 1 aromatic rings. The van der Waals surface area contributed by atoms with Gasteiger partial charge in [0.05, 0.1) is 5.69 Å². The molecule has 2 heterocycles. The van der Waals surface area contributed by atoms with Crippen molar-refractivity contribution in [1.29, 1.82) is 0 Å². The third-order valence-corrected chi connectivity index (χ3v) is 4.46. The number of aryl methyl sites for hydroxylation is 1. The maximum absolute atomic E-state index is 4.58. The summed E-state index contributed by atoms with van der Waals surface area (Å²) in [6.07, 6.45) is 3.10. The second-order valence-electron chi connectivity index (χ2n) is 7.09. The second-order valence-corrected chi connectivity index (χ2v) is 7.09. The maximum Gasteiger partial charge on any atom is 0.0573 e. The molecule has 2 unspecified atom stereocenters. The zero-order valence-electron chi connectivity index (χ0n) is 13.6. The van der Waals surface area contributed by atoms with Crippen molar-refractivity contribution in [2.45, 2.75) is 59.7 Å². The first-order chi connectivity index (χ1) is 9.41. The van der Waals surface area contributed by atoms with Gasteiger partial charge in [0.15, 0.2) is 0 Å². The van der Waals surface area contributed by atoms with Crippen LogP contribution in [0.25, 0.3) is 0 Å². The lowest BCUT2D eigenvalue weighted by molar-refractivity contribution is 0.0474. The number of hydrogen-bond donors (Lipinski definition) is 1. The molecule has 0 spiro atoms. The summed E-state index contributed by atoms with van der Waals surface area (Å²) in [7, 11) is 0. The van der Waals surface area contributed by atoms with Gasteiger partial charge in [0.2, 0.25) is 0 Å². The Hall–Kier alpha value is -0.930. The Balaban J connectivity index is 2.17. The standard InChI is InChI=1S/C17H29N3/c1-6-14-11-20(16(10-19-14)17(3,4)5)12-15-13(2)8-7-9-18-15/h7-9,14,16,19H,6,10-12H2,1-5H3. The van der Waals surface area contributed by atoms with E-state index < -0.39 is 0 Å². The normalized spacial score (nSPS) is 24.9. The van der Waals surface area contributed by atoms with Crippen LogP contribution in [-0.4, -0.2) is 35.1 Å². The quantitative estimate of drug-likeness (QED) is 0.919. The highest BCUT2D eigenvalue weighted by molar-refractivity contribution is 5.18. The van der Waals surface area contributed by atoms with Gasteiger partial charge in [-0.2, -0.15) is 0 Å². The van der Waals surface area contributed by atoms with E-state index >= 15 is 0 Å². The summed E-state index contributed by atoms with van der Waals surface area (Å²) in [4.78, 5) is 7.20. The van der Waals surface area contributed by atoms with Gasteiger partial charge in [-0.3, -0.25) is 9.88 Å². The Morgan fingerprint density at radius 3 is 2.75 bits per heavy atom. The predicted octanol–water partition coefficient (Wildman–Crippen LogP) is 2.99. The predicted molar refractivity (Wildman–Crippen MR) is 84.7 cm³/mol. The van der Waals surface area contributed by atoms with Crippen LogP contribution in [0.3, 0.4) is 0 Å². The van der Waals surface area contributed by atoms with Gasteiger partial charge >= 0.3 is 0 Å². The molecular formula is C17H29N3. The van der Waals surface area contributed by atoms with Crippen molar-refractivity contribution in [2.24, 2.45) is 5.41 Å². The van der Waals surface area contributed by atoms with E-state index in [2.05, 4.69) is 55.9 Å². The monoisotopic (exact) mass is 275 g/mol. The first-order valence-electron chi connectivity index (χ1n) is 7.79. The molecule has 0 radical (unpaired) electrons. The number of rotatable bonds is 3. The largest absolute Gasteiger partial charge is 0.311 e. The molecule has 3 heteroatoms. The van der Waals surface area contributed by atoms with Crippen molar-refractivity contribution in [1.82, 2.24) is 15.2 Å². The Morgan fingerprint density at radius 2 is 2.15 bits per heavy atom. The Morgan fingerprint density at radius 1 is 1.40 bits per heavy atom. The molecule has 1 saturated heterocycles. The number of aromatic nitrogens is 1. The van der Waals surface area contributed by atoms with E-state index in [1.807, 2.05) is 12.3 Å². The number of pyridine rings is 1. The Kier molecular flexibility index (Phi) is 4.82. The highest BCUT2D eigenvalue weighted by Gasteiger charge is 2.35. The van der Waals surface area contributed by atoms with Gasteiger partial charge < -0.3 is 5.32 Å². The first-order valence-corrected chi connectivity index (χ1v) is 7.79. The summed E-state index contributed by atoms with van der Waals surface area (Å²) in [5.74, 6) is 0. The zero-order chi connectivity index (χ0) is 14.8. The van der Waals surface area contributed by atoms with E-state index in [0.29, 0.717) is 12.1 Å². The topological polar surface area (TPSA) is 28.2 Å². The molecule has 2 rings (SSSR count). The van der Waals surface area contributed by atoms with Crippen LogP contribution in [0.15, 0.2) is 18.3 Å². The van der Waals surface area contributed by atoms with Crippen LogP contribution >= 0.6 is 0 Å². The van der Waals surface area contributed by atoms with Gasteiger partial charge in [-0.25, -0.2) is 0 Å². The van der Waals surface area contributed by atoms with E-state index in [0.717, 1.165) is 19.6 Å². The molecule has 0 amide bonds. The summed E-state index contributed by atoms with van der Waals surface area (Å²) in [6.45, 7) is 14.6. The average Bonchev–Trinajstić information content (AvgIpc) is 2.40. The molecule has 1 aromatic heterocycles. The number of nitrogens with one attached hydrogen (secondary N) is 1. The summed E-state index contributed by atoms with van der Waals surface area (Å²) in [6, 6.07) is 5.35. The Labute approximate surface area is 123 Å². The van der Waals surface area contributed by atoms with Gasteiger partial charge in [-0.15, -0.1) is 0 Å². The molecule has 1 fully saturated rings. The Bertz CT molecular complexity index is 436. The fraction of sp³-hybridized carbons (Fsp3) is 0.706. The van der Waals surface area contributed by atoms with E-state index in [-0.39, 0.29) is 5.41 Å². The molecule has 3 nitrogen and oxygen atoms in total. The van der Waals surface area contributed by atoms with E-state index in [9.17, 15) is 0 Å². The molecule has 1 aliphatic rings. The van der Waals surface area contributed by atoms with Crippen molar-refractivity contribution in [3.63, 3.8) is 0 Å². The summed E-state index contributed by atoms with van der Waals surface area (Å²) >= 11 is 0. The zero-order valence-corrected chi connectivity index (χ0v) is 13.6. The highest BCUT2D eigenvalue weighted by Crippen LogP contribution is 2.28. The lowest BCUT2D eigenvalue weighted by Crippen LogP contribution is -2.60. The smallest absolute Gasteiger partial charge is 0.0573 e. The molecule has 0 aromatic carbocycles. The SMILES string of the molecule is CCC1CN(Cc2ncccc2C)C(C(C)(C)C)CN1. The fourth-order valence-electron chi connectivity index (χ4n) is 3.06. The molecular weight excluding hydrogens is 246 g/mol. The van der Waals surface area contributed by atoms with E-state index in [1.165, 1.54) is 17.7 Å². The third kappa shape index (κ3) is 3.58. The van der Waals surface area contributed by atoms with Gasteiger partial charge in [0.1, 0.15) is 0 Å². The average molecular weight is 275 g/mol. The van der Waals surface area contributed by atoms with Crippen molar-refractivity contribution >= 4 is 0 Å². The second kappa shape index (κ2) is 6.23. The maximum atomic E-state index is 4.58. The minimum absolute atomic E-state index is 0.286. The van der Waals surface area contributed by atoms with Crippen LogP contribution in [0.4, 0.5) is 0 Å². The lowest BCUT2D eigenvalue weighted by Gasteiger charge is -2.46. The summed E-state index contributed by atoms with van der Waals surface area (Å²) < 4.78 is 0. The molecule has 20 heavy (non-hydrogen) atoms. The van der Waals surface area contributed by atoms with Gasteiger partial charge in [-0.05, 0) is 30.4 Å². The van der Waals surface area contributed by atoms with E-state index in [4.69, 9.17) is 0 Å². The molecule has 0 saturated carbocycles. The third-order valence-electron chi connectivity index (χ3n) is 4.46. The number of nitrogens with zero attached hydrogens (tertiary/aromatic N) is 2. The van der Waals surface area contributed by atoms with E-state index in [1.54, 1.807) is 0 Å². The van der Waals surface area contributed by atoms with Crippen LogP contribution in [0.1, 0.15) is 45.4 Å². The highest BCUT2D eigenvalue weighted by atomic mass is 15.2. The van der Waals surface area contributed by atoms with Crippen molar-refractivity contribution in [3.05, 3.63) is 29.6 Å². The van der Waals surface area contributed by atoms with Gasteiger partial charge in [0, 0.05) is 37.9 Å². The molecule has 1 aliphatic heterocycles. The van der Waals surface area contributed by atoms with Crippen LogP contribution in [-0.2, 0) is 6.54 Å². The van der Waals surface area contributed by atoms with Gasteiger partial charge in [0.25, 0.3) is 0 Å². The van der Waals surface area contributed by atoms with Crippen molar-refractivity contribution in [2.75, 3.05) is 13.1 Å². The fourth-order valence-corrected chi connectivity index (χ4v) is 3.06. The number of piperazine rings is 1. The minimum atomic E-state index is 0.286. The van der Waals surface area contributed by atoms with Crippen molar-refractivity contribution < 1.29 is 0 Å². The van der Waals surface area contributed by atoms with Crippen molar-refractivity contribution in [3.8, 4) is 0 Å². The van der Waals surface area contributed by atoms with Crippen LogP contribution in [0.2, 0.25) is 0 Å². The summed E-state index contributed by atoms with van der Waals surface area (Å²) in [5, 5.41) is 3.69. The molecule has 112 valence electrons. The van der Waals surface area contributed by atoms with Crippen LogP contribution < -0.4 is 5.32 Å².